The Hall–Kier alpha value is -1.51. The average Bonchev–Trinajstić information content (AvgIpc) is 2.25. The molecule has 2 rings (SSSR count). The second-order valence-electron chi connectivity index (χ2n) is 5.38. The molecular weight excluding hydrogens is 224 g/mol. The van der Waals surface area contributed by atoms with Gasteiger partial charge in [0.2, 0.25) is 5.91 Å². The second kappa shape index (κ2) is 5.42. The van der Waals surface area contributed by atoms with Crippen molar-refractivity contribution in [3.05, 3.63) is 29.8 Å². The van der Waals surface area contributed by atoms with Gasteiger partial charge >= 0.3 is 0 Å². The van der Waals surface area contributed by atoms with E-state index in [9.17, 15) is 4.79 Å². The molecule has 0 heterocycles. The van der Waals surface area contributed by atoms with Crippen LogP contribution >= 0.6 is 0 Å². The fourth-order valence-electron chi connectivity index (χ4n) is 2.39. The van der Waals surface area contributed by atoms with Crippen molar-refractivity contribution in [2.75, 3.05) is 5.73 Å². The summed E-state index contributed by atoms with van der Waals surface area (Å²) < 4.78 is 0. The quantitative estimate of drug-likeness (QED) is 0.802. The van der Waals surface area contributed by atoms with E-state index < -0.39 is 0 Å². The first-order valence-corrected chi connectivity index (χ1v) is 6.73. The van der Waals surface area contributed by atoms with E-state index in [4.69, 9.17) is 5.73 Å². The summed E-state index contributed by atoms with van der Waals surface area (Å²) in [7, 11) is 0. The number of nitrogen functional groups attached to an aromatic ring is 1. The first-order chi connectivity index (χ1) is 8.58. The first-order valence-electron chi connectivity index (χ1n) is 6.73. The van der Waals surface area contributed by atoms with Gasteiger partial charge in [0, 0.05) is 11.7 Å². The normalized spacial score (nSPS) is 18.8. The van der Waals surface area contributed by atoms with E-state index in [1.54, 1.807) is 0 Å². The number of nitrogens with one attached hydrogen (secondary N) is 1. The number of benzene rings is 1. The van der Waals surface area contributed by atoms with E-state index in [2.05, 4.69) is 12.2 Å². The predicted molar refractivity (Wildman–Crippen MR) is 74.2 cm³/mol. The highest BCUT2D eigenvalue weighted by Gasteiger charge is 2.26. The van der Waals surface area contributed by atoms with Crippen molar-refractivity contribution in [3.8, 4) is 0 Å². The monoisotopic (exact) mass is 246 g/mol. The molecule has 18 heavy (non-hydrogen) atoms. The van der Waals surface area contributed by atoms with Crippen molar-refractivity contribution in [3.63, 3.8) is 0 Å². The Morgan fingerprint density at radius 1 is 1.39 bits per heavy atom. The maximum atomic E-state index is 12.2. The van der Waals surface area contributed by atoms with Crippen LogP contribution < -0.4 is 11.1 Å². The average molecular weight is 246 g/mol. The lowest BCUT2D eigenvalue weighted by Gasteiger charge is -2.32. The SMILES string of the molecule is CC(C(=O)NC(C)C1CCC1)c1cccc(N)c1. The van der Waals surface area contributed by atoms with Crippen molar-refractivity contribution in [1.29, 1.82) is 0 Å². The number of amides is 1. The summed E-state index contributed by atoms with van der Waals surface area (Å²) >= 11 is 0. The molecule has 1 fully saturated rings. The molecule has 1 aromatic carbocycles. The molecule has 2 unspecified atom stereocenters. The summed E-state index contributed by atoms with van der Waals surface area (Å²) in [5.74, 6) is 0.623. The summed E-state index contributed by atoms with van der Waals surface area (Å²) in [5, 5.41) is 3.12. The molecule has 3 heteroatoms. The highest BCUT2D eigenvalue weighted by Crippen LogP contribution is 2.29. The Morgan fingerprint density at radius 3 is 2.67 bits per heavy atom. The molecule has 1 amide bonds. The minimum absolute atomic E-state index is 0.0972. The van der Waals surface area contributed by atoms with Gasteiger partial charge in [-0.15, -0.1) is 0 Å². The van der Waals surface area contributed by atoms with Crippen LogP contribution in [0.5, 0.6) is 0 Å². The molecule has 1 aromatic rings. The van der Waals surface area contributed by atoms with Gasteiger partial charge in [-0.1, -0.05) is 18.6 Å². The zero-order valence-electron chi connectivity index (χ0n) is 11.1. The smallest absolute Gasteiger partial charge is 0.227 e. The molecule has 0 aromatic heterocycles. The van der Waals surface area contributed by atoms with E-state index in [-0.39, 0.29) is 17.9 Å². The van der Waals surface area contributed by atoms with Crippen LogP contribution in [0.2, 0.25) is 0 Å². The molecule has 1 saturated carbocycles. The zero-order valence-corrected chi connectivity index (χ0v) is 11.1. The molecule has 0 bridgehead atoms. The minimum atomic E-state index is -0.143. The second-order valence-corrected chi connectivity index (χ2v) is 5.38. The van der Waals surface area contributed by atoms with E-state index in [1.807, 2.05) is 31.2 Å². The molecule has 1 aliphatic rings. The summed E-state index contributed by atoms with van der Waals surface area (Å²) in [6.07, 6.45) is 3.79. The van der Waals surface area contributed by atoms with Crippen molar-refractivity contribution < 1.29 is 4.79 Å². The van der Waals surface area contributed by atoms with E-state index in [1.165, 1.54) is 19.3 Å². The van der Waals surface area contributed by atoms with Gasteiger partial charge in [-0.25, -0.2) is 0 Å². The molecule has 3 N–H and O–H groups in total. The Labute approximate surface area is 109 Å². The van der Waals surface area contributed by atoms with Crippen LogP contribution in [0.15, 0.2) is 24.3 Å². The number of nitrogens with two attached hydrogens (primary N) is 1. The standard InChI is InChI=1S/C15H22N2O/c1-10(13-7-4-8-14(16)9-13)15(18)17-11(2)12-5-3-6-12/h4,7-12H,3,5-6,16H2,1-2H3,(H,17,18). The first kappa shape index (κ1) is 12.9. The molecule has 2 atom stereocenters. The van der Waals surface area contributed by atoms with Gasteiger partial charge in [0.25, 0.3) is 0 Å². The maximum Gasteiger partial charge on any atom is 0.227 e. The molecular formula is C15H22N2O. The largest absolute Gasteiger partial charge is 0.399 e. The number of carbonyl (C=O) groups excluding carboxylic acids is 1. The van der Waals surface area contributed by atoms with Gasteiger partial charge in [0.1, 0.15) is 0 Å². The molecule has 98 valence electrons. The molecule has 0 radical (unpaired) electrons. The molecule has 0 aliphatic heterocycles. The van der Waals surface area contributed by atoms with Crippen molar-refractivity contribution in [2.45, 2.75) is 45.1 Å². The summed E-state index contributed by atoms with van der Waals surface area (Å²) in [6, 6.07) is 7.84. The van der Waals surface area contributed by atoms with Crippen molar-refractivity contribution in [1.82, 2.24) is 5.32 Å². The Balaban J connectivity index is 1.95. The topological polar surface area (TPSA) is 55.1 Å². The van der Waals surface area contributed by atoms with Gasteiger partial charge in [0.05, 0.1) is 5.92 Å². The molecule has 0 spiro atoms. The lowest BCUT2D eigenvalue weighted by Crippen LogP contribution is -2.42. The van der Waals surface area contributed by atoms with E-state index >= 15 is 0 Å². The minimum Gasteiger partial charge on any atom is -0.399 e. The van der Waals surface area contributed by atoms with E-state index in [0.717, 1.165) is 5.56 Å². The lowest BCUT2D eigenvalue weighted by molar-refractivity contribution is -0.123. The number of hydrogen-bond donors (Lipinski definition) is 2. The Bertz CT molecular complexity index is 426. The van der Waals surface area contributed by atoms with E-state index in [0.29, 0.717) is 11.6 Å². The Kier molecular flexibility index (Phi) is 3.90. The highest BCUT2D eigenvalue weighted by atomic mass is 16.1. The predicted octanol–water partition coefficient (Wildman–Crippen LogP) is 2.68. The van der Waals surface area contributed by atoms with Crippen LogP contribution in [0.1, 0.15) is 44.6 Å². The van der Waals surface area contributed by atoms with Gasteiger partial charge in [-0.3, -0.25) is 4.79 Å². The van der Waals surface area contributed by atoms with Crippen LogP contribution in [-0.2, 0) is 4.79 Å². The van der Waals surface area contributed by atoms with Gasteiger partial charge < -0.3 is 11.1 Å². The highest BCUT2D eigenvalue weighted by molar-refractivity contribution is 5.83. The molecule has 3 nitrogen and oxygen atoms in total. The third-order valence-corrected chi connectivity index (χ3v) is 4.03. The van der Waals surface area contributed by atoms with Gasteiger partial charge in [-0.2, -0.15) is 0 Å². The molecule has 0 saturated heterocycles. The summed E-state index contributed by atoms with van der Waals surface area (Å²) in [5.41, 5.74) is 7.43. The van der Waals surface area contributed by atoms with Crippen LogP contribution in [0.25, 0.3) is 0 Å². The van der Waals surface area contributed by atoms with Crippen molar-refractivity contribution >= 4 is 11.6 Å². The van der Waals surface area contributed by atoms with Crippen LogP contribution in [0.4, 0.5) is 5.69 Å². The van der Waals surface area contributed by atoms with Crippen molar-refractivity contribution in [2.24, 2.45) is 5.92 Å². The lowest BCUT2D eigenvalue weighted by atomic mass is 9.80. The van der Waals surface area contributed by atoms with Gasteiger partial charge in [0.15, 0.2) is 0 Å². The third-order valence-electron chi connectivity index (χ3n) is 4.03. The number of rotatable bonds is 4. The Morgan fingerprint density at radius 2 is 2.11 bits per heavy atom. The van der Waals surface area contributed by atoms with Crippen LogP contribution in [0, 0.1) is 5.92 Å². The maximum absolute atomic E-state index is 12.2. The zero-order chi connectivity index (χ0) is 13.1. The third kappa shape index (κ3) is 2.84. The number of carbonyl (C=O) groups is 1. The fraction of sp³-hybridized carbons (Fsp3) is 0.533. The molecule has 1 aliphatic carbocycles. The fourth-order valence-corrected chi connectivity index (χ4v) is 2.39. The van der Waals surface area contributed by atoms with Gasteiger partial charge in [-0.05, 0) is 50.3 Å². The van der Waals surface area contributed by atoms with Crippen LogP contribution in [0.3, 0.4) is 0 Å². The summed E-state index contributed by atoms with van der Waals surface area (Å²) in [6.45, 7) is 4.03. The number of hydrogen-bond acceptors (Lipinski definition) is 2. The summed E-state index contributed by atoms with van der Waals surface area (Å²) in [4.78, 5) is 12.2. The van der Waals surface area contributed by atoms with Crippen LogP contribution in [-0.4, -0.2) is 11.9 Å². The number of anilines is 1.